The lowest BCUT2D eigenvalue weighted by Crippen LogP contribution is -2.31. The smallest absolute Gasteiger partial charge is 0.0667 e. The average Bonchev–Trinajstić information content (AvgIpc) is 2.01. The molecule has 0 bridgehead atoms. The normalized spacial score (nSPS) is 13.9. The minimum atomic E-state index is -0.125. The van der Waals surface area contributed by atoms with Crippen molar-refractivity contribution in [3.63, 3.8) is 0 Å². The van der Waals surface area contributed by atoms with E-state index in [4.69, 9.17) is 0 Å². The molecule has 0 radical (unpaired) electrons. The minimum Gasteiger partial charge on any atom is -0.392 e. The Kier molecular flexibility index (Phi) is 6.57. The van der Waals surface area contributed by atoms with E-state index in [0.29, 0.717) is 0 Å². The Hall–Kier alpha value is -0.0800. The van der Waals surface area contributed by atoms with Gasteiger partial charge in [-0.25, -0.2) is 0 Å². The van der Waals surface area contributed by atoms with Crippen LogP contribution < -0.4 is 0 Å². The molecular weight excluding hydrogens is 138 g/mol. The van der Waals surface area contributed by atoms with Gasteiger partial charge in [-0.2, -0.15) is 0 Å². The lowest BCUT2D eigenvalue weighted by atomic mass is 10.2. The van der Waals surface area contributed by atoms with E-state index in [9.17, 15) is 5.11 Å². The number of likely N-dealkylation sites (N-methyl/N-ethyl adjacent to an activating group) is 1. The molecule has 11 heavy (non-hydrogen) atoms. The molecule has 0 heterocycles. The van der Waals surface area contributed by atoms with Crippen molar-refractivity contribution in [1.29, 1.82) is 0 Å². The molecule has 1 unspecified atom stereocenters. The fraction of sp³-hybridized carbons (Fsp3) is 1.00. The van der Waals surface area contributed by atoms with Crippen molar-refractivity contribution >= 4 is 0 Å². The topological polar surface area (TPSA) is 23.5 Å². The summed E-state index contributed by atoms with van der Waals surface area (Å²) in [7, 11) is 0. The van der Waals surface area contributed by atoms with E-state index in [1.165, 1.54) is 0 Å². The van der Waals surface area contributed by atoms with E-state index >= 15 is 0 Å². The molecule has 2 nitrogen and oxygen atoms in total. The maximum absolute atomic E-state index is 9.44. The average molecular weight is 159 g/mol. The van der Waals surface area contributed by atoms with Crippen molar-refractivity contribution in [2.45, 2.75) is 39.7 Å². The first-order chi connectivity index (χ1) is 5.24. The quantitative estimate of drug-likeness (QED) is 0.634. The summed E-state index contributed by atoms with van der Waals surface area (Å²) in [5, 5.41) is 9.44. The Balaban J connectivity index is 3.44. The SMILES string of the molecule is CCCC(O)CN(CC)CC. The zero-order chi connectivity index (χ0) is 8.69. The van der Waals surface area contributed by atoms with Gasteiger partial charge in [-0.1, -0.05) is 27.2 Å². The summed E-state index contributed by atoms with van der Waals surface area (Å²) in [5.74, 6) is 0. The number of aliphatic hydroxyl groups is 1. The van der Waals surface area contributed by atoms with Gasteiger partial charge in [0.1, 0.15) is 0 Å². The second-order valence-corrected chi connectivity index (χ2v) is 2.93. The third-order valence-electron chi connectivity index (χ3n) is 1.99. The van der Waals surface area contributed by atoms with Crippen LogP contribution in [0.2, 0.25) is 0 Å². The van der Waals surface area contributed by atoms with E-state index in [1.807, 2.05) is 0 Å². The van der Waals surface area contributed by atoms with Crippen LogP contribution in [-0.2, 0) is 0 Å². The summed E-state index contributed by atoms with van der Waals surface area (Å²) in [4.78, 5) is 2.25. The highest BCUT2D eigenvalue weighted by Gasteiger charge is 2.06. The molecule has 0 spiro atoms. The molecule has 0 aromatic rings. The monoisotopic (exact) mass is 159 g/mol. The minimum absolute atomic E-state index is 0.125. The van der Waals surface area contributed by atoms with E-state index in [1.54, 1.807) is 0 Å². The maximum Gasteiger partial charge on any atom is 0.0667 e. The summed E-state index contributed by atoms with van der Waals surface area (Å²) in [5.41, 5.74) is 0. The molecule has 0 amide bonds. The van der Waals surface area contributed by atoms with Gasteiger partial charge >= 0.3 is 0 Å². The fourth-order valence-corrected chi connectivity index (χ4v) is 1.20. The summed E-state index contributed by atoms with van der Waals surface area (Å²) in [6, 6.07) is 0. The highest BCUT2D eigenvalue weighted by molar-refractivity contribution is 4.61. The molecular formula is C9H21NO. The van der Waals surface area contributed by atoms with Crippen LogP contribution in [0.1, 0.15) is 33.6 Å². The highest BCUT2D eigenvalue weighted by atomic mass is 16.3. The van der Waals surface area contributed by atoms with Crippen molar-refractivity contribution < 1.29 is 5.11 Å². The first kappa shape index (κ1) is 10.9. The predicted molar refractivity (Wildman–Crippen MR) is 48.7 cm³/mol. The van der Waals surface area contributed by atoms with Gasteiger partial charge in [0, 0.05) is 6.54 Å². The number of aliphatic hydroxyl groups excluding tert-OH is 1. The molecule has 1 N–H and O–H groups in total. The van der Waals surface area contributed by atoms with Crippen LogP contribution in [0, 0.1) is 0 Å². The van der Waals surface area contributed by atoms with Crippen molar-refractivity contribution in [1.82, 2.24) is 4.90 Å². The number of rotatable bonds is 6. The third kappa shape index (κ3) is 5.22. The van der Waals surface area contributed by atoms with Gasteiger partial charge in [-0.15, -0.1) is 0 Å². The van der Waals surface area contributed by atoms with E-state index in [0.717, 1.165) is 32.5 Å². The summed E-state index contributed by atoms with van der Waals surface area (Å²) < 4.78 is 0. The zero-order valence-corrected chi connectivity index (χ0v) is 8.01. The Morgan fingerprint density at radius 2 is 1.73 bits per heavy atom. The molecule has 0 aromatic carbocycles. The second kappa shape index (κ2) is 6.62. The fourth-order valence-electron chi connectivity index (χ4n) is 1.20. The number of nitrogens with zero attached hydrogens (tertiary/aromatic N) is 1. The Morgan fingerprint density at radius 1 is 1.18 bits per heavy atom. The summed E-state index contributed by atoms with van der Waals surface area (Å²) in [6.45, 7) is 9.27. The third-order valence-corrected chi connectivity index (χ3v) is 1.99. The molecule has 1 atom stereocenters. The van der Waals surface area contributed by atoms with Crippen molar-refractivity contribution in [3.8, 4) is 0 Å². The molecule has 0 aliphatic heterocycles. The summed E-state index contributed by atoms with van der Waals surface area (Å²) >= 11 is 0. The van der Waals surface area contributed by atoms with Crippen LogP contribution >= 0.6 is 0 Å². The predicted octanol–water partition coefficient (Wildman–Crippen LogP) is 1.49. The summed E-state index contributed by atoms with van der Waals surface area (Å²) in [6.07, 6.45) is 1.87. The Labute approximate surface area is 70.2 Å². The van der Waals surface area contributed by atoms with Gasteiger partial charge in [0.15, 0.2) is 0 Å². The van der Waals surface area contributed by atoms with Crippen LogP contribution in [0.15, 0.2) is 0 Å². The zero-order valence-electron chi connectivity index (χ0n) is 8.01. The standard InChI is InChI=1S/C9H21NO/c1-4-7-9(11)8-10(5-2)6-3/h9,11H,4-8H2,1-3H3. The molecule has 0 aliphatic rings. The van der Waals surface area contributed by atoms with Crippen LogP contribution in [0.5, 0.6) is 0 Å². The lowest BCUT2D eigenvalue weighted by molar-refractivity contribution is 0.110. The molecule has 2 heteroatoms. The molecule has 0 rings (SSSR count). The van der Waals surface area contributed by atoms with Gasteiger partial charge in [-0.3, -0.25) is 0 Å². The lowest BCUT2D eigenvalue weighted by Gasteiger charge is -2.21. The first-order valence-electron chi connectivity index (χ1n) is 4.64. The van der Waals surface area contributed by atoms with Gasteiger partial charge in [0.05, 0.1) is 6.10 Å². The van der Waals surface area contributed by atoms with Gasteiger partial charge in [-0.05, 0) is 19.5 Å². The second-order valence-electron chi connectivity index (χ2n) is 2.93. The molecule has 0 aromatic heterocycles. The van der Waals surface area contributed by atoms with E-state index in [2.05, 4.69) is 25.7 Å². The highest BCUT2D eigenvalue weighted by Crippen LogP contribution is 1.98. The van der Waals surface area contributed by atoms with Crippen LogP contribution in [0.25, 0.3) is 0 Å². The van der Waals surface area contributed by atoms with Crippen LogP contribution in [0.4, 0.5) is 0 Å². The van der Waals surface area contributed by atoms with Gasteiger partial charge < -0.3 is 10.0 Å². The van der Waals surface area contributed by atoms with Crippen LogP contribution in [0.3, 0.4) is 0 Å². The molecule has 0 saturated carbocycles. The largest absolute Gasteiger partial charge is 0.392 e. The van der Waals surface area contributed by atoms with Crippen molar-refractivity contribution in [2.24, 2.45) is 0 Å². The molecule has 0 saturated heterocycles. The van der Waals surface area contributed by atoms with Crippen LogP contribution in [-0.4, -0.2) is 35.7 Å². The van der Waals surface area contributed by atoms with E-state index < -0.39 is 0 Å². The number of hydrogen-bond donors (Lipinski definition) is 1. The molecule has 0 aliphatic carbocycles. The maximum atomic E-state index is 9.44. The molecule has 0 fully saturated rings. The van der Waals surface area contributed by atoms with Gasteiger partial charge in [0.25, 0.3) is 0 Å². The number of hydrogen-bond acceptors (Lipinski definition) is 2. The molecule has 68 valence electrons. The Morgan fingerprint density at radius 3 is 2.09 bits per heavy atom. The van der Waals surface area contributed by atoms with E-state index in [-0.39, 0.29) is 6.10 Å². The van der Waals surface area contributed by atoms with Crippen molar-refractivity contribution in [3.05, 3.63) is 0 Å². The first-order valence-corrected chi connectivity index (χ1v) is 4.64. The Bertz CT molecular complexity index is 81.6. The van der Waals surface area contributed by atoms with Crippen molar-refractivity contribution in [2.75, 3.05) is 19.6 Å². The van der Waals surface area contributed by atoms with Gasteiger partial charge in [0.2, 0.25) is 0 Å².